The zero-order valence-corrected chi connectivity index (χ0v) is 25.2. The summed E-state index contributed by atoms with van der Waals surface area (Å²) in [4.78, 5) is 32.7. The maximum Gasteiger partial charge on any atom is 0.305 e. The monoisotopic (exact) mass is 533 g/mol. The molecule has 0 aromatic carbocycles. The molecule has 3 atom stereocenters. The average molecular weight is 534 g/mol. The van der Waals surface area contributed by atoms with Gasteiger partial charge in [0.2, 0.25) is 0 Å². The standard InChI is InChI=1S/C20H29N3O3S.C8H16.C2H6/c1-5-12-27-19-16(20(25)22(3)6-2)9-10-17(21-19)23-11-7-8-15(14-23)13-18(24)26-4;1-3-8-5-4-7(2)6-8;1-2/h6,9-10,15H,2,5,7-8,11-14H2,1,3-4H3;7-8H,3-6H2,1-2H3;1-2H3. The Balaban J connectivity index is 0.000000574. The Morgan fingerprint density at radius 1 is 1.22 bits per heavy atom. The molecular weight excluding hydrogens is 482 g/mol. The first kappa shape index (κ1) is 33.0. The molecule has 3 unspecified atom stereocenters. The fourth-order valence-corrected chi connectivity index (χ4v) is 5.67. The van der Waals surface area contributed by atoms with E-state index in [-0.39, 0.29) is 17.8 Å². The summed E-state index contributed by atoms with van der Waals surface area (Å²) in [6.45, 7) is 16.1. The molecular formula is C30H51N3O3S. The van der Waals surface area contributed by atoms with Crippen molar-refractivity contribution in [2.24, 2.45) is 17.8 Å². The smallest absolute Gasteiger partial charge is 0.305 e. The molecule has 1 amide bonds. The van der Waals surface area contributed by atoms with Gasteiger partial charge < -0.3 is 14.5 Å². The first-order valence-electron chi connectivity index (χ1n) is 14.2. The van der Waals surface area contributed by atoms with Gasteiger partial charge in [-0.05, 0) is 67.5 Å². The number of rotatable bonds is 9. The van der Waals surface area contributed by atoms with Crippen LogP contribution in [0.5, 0.6) is 0 Å². The number of anilines is 1. The van der Waals surface area contributed by atoms with Gasteiger partial charge in [0.25, 0.3) is 5.91 Å². The summed E-state index contributed by atoms with van der Waals surface area (Å²) in [5, 5.41) is 0.753. The lowest BCUT2D eigenvalue weighted by atomic mass is 9.95. The van der Waals surface area contributed by atoms with E-state index in [4.69, 9.17) is 9.72 Å². The van der Waals surface area contributed by atoms with Crippen molar-refractivity contribution in [3.8, 4) is 0 Å². The third kappa shape index (κ3) is 11.1. The minimum absolute atomic E-state index is 0.107. The highest BCUT2D eigenvalue weighted by Gasteiger charge is 2.25. The number of hydrogen-bond donors (Lipinski definition) is 0. The summed E-state index contributed by atoms with van der Waals surface area (Å²) in [6.07, 6.45) is 10.9. The largest absolute Gasteiger partial charge is 0.469 e. The molecule has 0 bridgehead atoms. The van der Waals surface area contributed by atoms with Gasteiger partial charge in [-0.1, -0.05) is 60.5 Å². The van der Waals surface area contributed by atoms with Gasteiger partial charge in [0, 0.05) is 26.6 Å². The van der Waals surface area contributed by atoms with Gasteiger partial charge in [0.15, 0.2) is 0 Å². The lowest BCUT2D eigenvalue weighted by Gasteiger charge is -2.33. The molecule has 3 rings (SSSR count). The van der Waals surface area contributed by atoms with Crippen LogP contribution in [-0.4, -0.2) is 54.8 Å². The third-order valence-electron chi connectivity index (χ3n) is 7.02. The Kier molecular flexibility index (Phi) is 16.3. The van der Waals surface area contributed by atoms with Gasteiger partial charge in [-0.2, -0.15) is 0 Å². The van der Waals surface area contributed by atoms with Crippen LogP contribution >= 0.6 is 11.8 Å². The average Bonchev–Trinajstić information content (AvgIpc) is 3.37. The number of amides is 1. The number of esters is 1. The molecule has 37 heavy (non-hydrogen) atoms. The number of carbonyl (C=O) groups excluding carboxylic acids is 2. The number of ether oxygens (including phenoxy) is 1. The van der Waals surface area contributed by atoms with E-state index in [0.29, 0.717) is 12.0 Å². The molecule has 1 saturated heterocycles. The van der Waals surface area contributed by atoms with Gasteiger partial charge in [-0.15, -0.1) is 11.8 Å². The Hall–Kier alpha value is -2.02. The highest BCUT2D eigenvalue weighted by Crippen LogP contribution is 2.32. The first-order valence-corrected chi connectivity index (χ1v) is 15.2. The summed E-state index contributed by atoms with van der Waals surface area (Å²) >= 11 is 1.60. The van der Waals surface area contributed by atoms with Gasteiger partial charge >= 0.3 is 5.97 Å². The maximum absolute atomic E-state index is 12.6. The van der Waals surface area contributed by atoms with Gasteiger partial charge in [-0.3, -0.25) is 9.59 Å². The zero-order valence-electron chi connectivity index (χ0n) is 24.4. The summed E-state index contributed by atoms with van der Waals surface area (Å²) in [7, 11) is 3.12. The van der Waals surface area contributed by atoms with Crippen LogP contribution in [0.15, 0.2) is 29.9 Å². The second kappa shape index (κ2) is 18.3. The van der Waals surface area contributed by atoms with Crippen molar-refractivity contribution < 1.29 is 14.3 Å². The number of aromatic nitrogens is 1. The fourth-order valence-electron chi connectivity index (χ4n) is 4.81. The maximum atomic E-state index is 12.6. The number of hydrogen-bond acceptors (Lipinski definition) is 6. The molecule has 6 nitrogen and oxygen atoms in total. The molecule has 210 valence electrons. The number of piperidine rings is 1. The van der Waals surface area contributed by atoms with Crippen molar-refractivity contribution in [2.45, 2.75) is 91.0 Å². The minimum Gasteiger partial charge on any atom is -0.469 e. The van der Waals surface area contributed by atoms with Crippen LogP contribution in [0.25, 0.3) is 0 Å². The fraction of sp³-hybridized carbons (Fsp3) is 0.700. The highest BCUT2D eigenvalue weighted by atomic mass is 32.2. The highest BCUT2D eigenvalue weighted by molar-refractivity contribution is 7.99. The Bertz CT molecular complexity index is 832. The van der Waals surface area contributed by atoms with E-state index in [0.717, 1.165) is 60.8 Å². The van der Waals surface area contributed by atoms with E-state index >= 15 is 0 Å². The molecule has 1 aliphatic carbocycles. The Morgan fingerprint density at radius 3 is 2.49 bits per heavy atom. The number of pyridine rings is 1. The molecule has 0 spiro atoms. The predicted molar refractivity (Wildman–Crippen MR) is 157 cm³/mol. The summed E-state index contributed by atoms with van der Waals surface area (Å²) in [5.41, 5.74) is 0.600. The molecule has 7 heteroatoms. The van der Waals surface area contributed by atoms with Crippen LogP contribution in [0.3, 0.4) is 0 Å². The van der Waals surface area contributed by atoms with E-state index in [2.05, 4.69) is 32.3 Å². The second-order valence-corrected chi connectivity index (χ2v) is 11.0. The lowest BCUT2D eigenvalue weighted by molar-refractivity contribution is -0.141. The molecule has 1 aliphatic heterocycles. The van der Waals surface area contributed by atoms with Crippen LogP contribution in [0.4, 0.5) is 5.82 Å². The molecule has 2 fully saturated rings. The van der Waals surface area contributed by atoms with E-state index < -0.39 is 0 Å². The third-order valence-corrected chi connectivity index (χ3v) is 8.22. The molecule has 0 radical (unpaired) electrons. The molecule has 1 saturated carbocycles. The molecule has 2 aliphatic rings. The summed E-state index contributed by atoms with van der Waals surface area (Å²) in [5.74, 6) is 3.87. The van der Waals surface area contributed by atoms with E-state index in [1.54, 1.807) is 18.8 Å². The predicted octanol–water partition coefficient (Wildman–Crippen LogP) is 7.44. The number of thioether (sulfide) groups is 1. The lowest BCUT2D eigenvalue weighted by Crippen LogP contribution is -2.37. The number of nitrogens with zero attached hydrogens (tertiary/aromatic N) is 3. The van der Waals surface area contributed by atoms with Crippen molar-refractivity contribution in [1.82, 2.24) is 9.88 Å². The van der Waals surface area contributed by atoms with Crippen molar-refractivity contribution in [3.63, 3.8) is 0 Å². The van der Waals surface area contributed by atoms with Crippen LogP contribution in [0, 0.1) is 17.8 Å². The molecule has 1 aromatic rings. The van der Waals surface area contributed by atoms with Gasteiger partial charge in [0.05, 0.1) is 12.7 Å². The van der Waals surface area contributed by atoms with E-state index in [1.807, 2.05) is 26.0 Å². The number of methoxy groups -OCH3 is 1. The molecule has 2 heterocycles. The van der Waals surface area contributed by atoms with Crippen molar-refractivity contribution in [2.75, 3.05) is 37.9 Å². The zero-order chi connectivity index (χ0) is 27.8. The SMILES string of the molecule is C=CN(C)C(=O)c1ccc(N2CCCC(CC(=O)OC)C2)nc1SCCC.CC.CCC1CCC(C)C1. The normalized spacial score (nSPS) is 20.6. The minimum atomic E-state index is -0.164. The van der Waals surface area contributed by atoms with Gasteiger partial charge in [-0.25, -0.2) is 4.98 Å². The first-order chi connectivity index (χ1) is 17.8. The summed E-state index contributed by atoms with van der Waals surface area (Å²) in [6, 6.07) is 3.76. The van der Waals surface area contributed by atoms with Gasteiger partial charge in [0.1, 0.15) is 10.8 Å². The van der Waals surface area contributed by atoms with Crippen LogP contribution in [0.2, 0.25) is 0 Å². The van der Waals surface area contributed by atoms with E-state index in [9.17, 15) is 9.59 Å². The Labute approximate surface area is 230 Å². The number of carbonyl (C=O) groups is 2. The van der Waals surface area contributed by atoms with Crippen molar-refractivity contribution in [1.29, 1.82) is 0 Å². The van der Waals surface area contributed by atoms with Crippen LogP contribution < -0.4 is 4.90 Å². The second-order valence-electron chi connectivity index (χ2n) is 9.90. The van der Waals surface area contributed by atoms with Crippen LogP contribution in [-0.2, 0) is 9.53 Å². The topological polar surface area (TPSA) is 62.7 Å². The van der Waals surface area contributed by atoms with Crippen LogP contribution in [0.1, 0.15) is 96.3 Å². The van der Waals surface area contributed by atoms with Crippen molar-refractivity contribution >= 4 is 29.5 Å². The van der Waals surface area contributed by atoms with Crippen molar-refractivity contribution in [3.05, 3.63) is 30.5 Å². The summed E-state index contributed by atoms with van der Waals surface area (Å²) < 4.78 is 4.81. The molecule has 1 aromatic heterocycles. The van der Waals surface area contributed by atoms with E-state index in [1.165, 1.54) is 43.9 Å². The molecule has 0 N–H and O–H groups in total. The Morgan fingerprint density at radius 2 is 1.95 bits per heavy atom. The quantitative estimate of drug-likeness (QED) is 0.243.